The lowest BCUT2D eigenvalue weighted by Crippen LogP contribution is -2.83. The highest BCUT2D eigenvalue weighted by molar-refractivity contribution is 14.1. The molecule has 1 aromatic carbocycles. The summed E-state index contributed by atoms with van der Waals surface area (Å²) < 4.78 is 5.71. The number of para-hydroxylation sites is 1. The van der Waals surface area contributed by atoms with Crippen LogP contribution in [0.3, 0.4) is 0 Å². The van der Waals surface area contributed by atoms with E-state index in [4.69, 9.17) is 4.74 Å². The van der Waals surface area contributed by atoms with Crippen LogP contribution in [0.5, 0.6) is 5.75 Å². The van der Waals surface area contributed by atoms with Crippen molar-refractivity contribution in [1.29, 1.82) is 0 Å². The average Bonchev–Trinajstić information content (AvgIpc) is 2.42. The highest BCUT2D eigenvalue weighted by atomic mass is 127. The van der Waals surface area contributed by atoms with Gasteiger partial charge in [-0.2, -0.15) is 0 Å². The molecule has 5 nitrogen and oxygen atoms in total. The summed E-state index contributed by atoms with van der Waals surface area (Å²) in [6.45, 7) is 0. The number of carbonyl (C=O) groups excluding carboxylic acids is 2. The Kier molecular flexibility index (Phi) is 3.01. The Morgan fingerprint density at radius 1 is 1.14 bits per heavy atom. The van der Waals surface area contributed by atoms with Crippen molar-refractivity contribution in [3.63, 3.8) is 0 Å². The summed E-state index contributed by atoms with van der Waals surface area (Å²) in [7, 11) is 0. The second-order valence-electron chi connectivity index (χ2n) is 6.41. The molecule has 0 spiro atoms. The first-order chi connectivity index (χ1) is 10.5. The number of fused-ring (bicyclic) bond motifs is 1. The van der Waals surface area contributed by atoms with Gasteiger partial charge < -0.3 is 15.4 Å². The molecular formula is C16H15IN2O3. The fraction of sp³-hybridized carbons (Fsp3) is 0.375. The highest BCUT2D eigenvalue weighted by Crippen LogP contribution is 2.60. The largest absolute Gasteiger partial charge is 0.476 e. The second kappa shape index (κ2) is 4.71. The van der Waals surface area contributed by atoms with Gasteiger partial charge in [-0.05, 0) is 31.4 Å². The number of nitrogens with one attached hydrogen (secondary N) is 2. The second-order valence-corrected chi connectivity index (χ2v) is 7.39. The first kappa shape index (κ1) is 14.0. The zero-order valence-corrected chi connectivity index (χ0v) is 13.9. The van der Waals surface area contributed by atoms with Crippen LogP contribution >= 0.6 is 22.6 Å². The average molecular weight is 410 g/mol. The summed E-state index contributed by atoms with van der Waals surface area (Å²) in [5.41, 5.74) is 0.756. The molecule has 5 rings (SSSR count). The van der Waals surface area contributed by atoms with Crippen LogP contribution in [0.25, 0.3) is 6.08 Å². The van der Waals surface area contributed by atoms with Gasteiger partial charge >= 0.3 is 0 Å². The predicted octanol–water partition coefficient (Wildman–Crippen LogP) is 2.40. The monoisotopic (exact) mass is 410 g/mol. The van der Waals surface area contributed by atoms with Crippen molar-refractivity contribution in [2.75, 3.05) is 0 Å². The lowest BCUT2D eigenvalue weighted by atomic mass is 9.44. The number of halogens is 1. The Hall–Kier alpha value is -1.57. The minimum absolute atomic E-state index is 0.0348. The van der Waals surface area contributed by atoms with Crippen LogP contribution in [0.1, 0.15) is 24.8 Å². The molecule has 22 heavy (non-hydrogen) atoms. The lowest BCUT2D eigenvalue weighted by Gasteiger charge is -2.70. The van der Waals surface area contributed by atoms with E-state index in [0.29, 0.717) is 0 Å². The summed E-state index contributed by atoms with van der Waals surface area (Å²) in [5.74, 6) is 0.622. The van der Waals surface area contributed by atoms with E-state index in [1.807, 2.05) is 30.3 Å². The van der Waals surface area contributed by atoms with Crippen molar-refractivity contribution < 1.29 is 14.3 Å². The first-order valence-corrected chi connectivity index (χ1v) is 8.31. The molecule has 0 aromatic heterocycles. The molecule has 2 N–H and O–H groups in total. The highest BCUT2D eigenvalue weighted by Gasteiger charge is 2.69. The Labute approximate surface area is 141 Å². The maximum absolute atomic E-state index is 12.4. The molecule has 1 unspecified atom stereocenters. The van der Waals surface area contributed by atoms with Crippen LogP contribution in [0.2, 0.25) is 0 Å². The van der Waals surface area contributed by atoms with E-state index in [-0.39, 0.29) is 20.9 Å². The molecule has 0 saturated heterocycles. The number of hydrogen-bond donors (Lipinski definition) is 2. The first-order valence-electron chi connectivity index (χ1n) is 7.23. The van der Waals surface area contributed by atoms with E-state index in [0.717, 1.165) is 30.6 Å². The molecule has 1 aromatic rings. The van der Waals surface area contributed by atoms with Gasteiger partial charge in [-0.25, -0.2) is 0 Å². The van der Waals surface area contributed by atoms with Crippen molar-refractivity contribution in [2.24, 2.45) is 0 Å². The summed E-state index contributed by atoms with van der Waals surface area (Å²) in [5, 5.41) is 6.05. The van der Waals surface area contributed by atoms with E-state index >= 15 is 0 Å². The van der Waals surface area contributed by atoms with Crippen molar-refractivity contribution in [1.82, 2.24) is 10.6 Å². The number of carbonyl (C=O) groups is 2. The Morgan fingerprint density at radius 3 is 2.55 bits per heavy atom. The van der Waals surface area contributed by atoms with E-state index < -0.39 is 6.10 Å². The molecule has 1 heterocycles. The number of ether oxygens (including phenoxy) is 1. The van der Waals surface area contributed by atoms with Crippen LogP contribution in [0.15, 0.2) is 30.3 Å². The van der Waals surface area contributed by atoms with Crippen molar-refractivity contribution in [3.8, 4) is 5.75 Å². The van der Waals surface area contributed by atoms with Gasteiger partial charge in [0.05, 0.1) is 0 Å². The lowest BCUT2D eigenvalue weighted by molar-refractivity contribution is -0.143. The Bertz CT molecular complexity index is 681. The third kappa shape index (κ3) is 2.20. The van der Waals surface area contributed by atoms with E-state index in [9.17, 15) is 9.59 Å². The normalized spacial score (nSPS) is 33.6. The predicted molar refractivity (Wildman–Crippen MR) is 89.9 cm³/mol. The summed E-state index contributed by atoms with van der Waals surface area (Å²) >= 11 is 1.75. The van der Waals surface area contributed by atoms with Crippen LogP contribution < -0.4 is 15.4 Å². The SMILES string of the molecule is O=C(I)NC12CC(NC(=O)C3C=Cc4ccccc4O3)(C1)C2. The van der Waals surface area contributed by atoms with E-state index in [1.54, 1.807) is 28.7 Å². The third-order valence-corrected chi connectivity index (χ3v) is 4.93. The van der Waals surface area contributed by atoms with Crippen molar-refractivity contribution in [2.45, 2.75) is 36.4 Å². The Morgan fingerprint density at radius 2 is 1.82 bits per heavy atom. The molecule has 1 atom stereocenters. The van der Waals surface area contributed by atoms with E-state index in [1.165, 1.54) is 0 Å². The summed E-state index contributed by atoms with van der Waals surface area (Å²) in [6, 6.07) is 7.66. The van der Waals surface area contributed by atoms with Crippen LogP contribution in [0.4, 0.5) is 4.79 Å². The molecule has 1 aliphatic heterocycles. The molecule has 4 aliphatic rings. The molecule has 0 radical (unpaired) electrons. The van der Waals surface area contributed by atoms with E-state index in [2.05, 4.69) is 10.6 Å². The fourth-order valence-electron chi connectivity index (χ4n) is 3.83. The topological polar surface area (TPSA) is 67.4 Å². The van der Waals surface area contributed by atoms with Crippen molar-refractivity contribution in [3.05, 3.63) is 35.9 Å². The van der Waals surface area contributed by atoms with Gasteiger partial charge in [0, 0.05) is 39.2 Å². The molecule has 2 bridgehead atoms. The van der Waals surface area contributed by atoms with Gasteiger partial charge in [0.1, 0.15) is 5.75 Å². The van der Waals surface area contributed by atoms with Gasteiger partial charge in [-0.15, -0.1) is 0 Å². The van der Waals surface area contributed by atoms with Crippen LogP contribution in [-0.4, -0.2) is 27.0 Å². The molecule has 3 aliphatic carbocycles. The van der Waals surface area contributed by atoms with Gasteiger partial charge in [0.15, 0.2) is 6.10 Å². The quantitative estimate of drug-likeness (QED) is 0.457. The van der Waals surface area contributed by atoms with Gasteiger partial charge in [-0.1, -0.05) is 24.3 Å². The zero-order chi connectivity index (χ0) is 15.4. The third-order valence-electron chi connectivity index (χ3n) is 4.66. The van der Waals surface area contributed by atoms with Crippen LogP contribution in [0, 0.1) is 0 Å². The molecule has 114 valence electrons. The molecule has 2 amide bonds. The molecule has 3 saturated carbocycles. The standard InChI is InChI=1S/C16H15IN2O3/c17-14(21)19-16-7-15(8-16,9-16)18-13(20)12-6-5-10-3-1-2-4-11(10)22-12/h1-6,12H,7-9H2,(H,18,20)(H,19,21). The maximum Gasteiger partial charge on any atom is 0.281 e. The number of hydrogen-bond acceptors (Lipinski definition) is 3. The number of benzene rings is 1. The van der Waals surface area contributed by atoms with Gasteiger partial charge in [0.25, 0.3) is 9.82 Å². The van der Waals surface area contributed by atoms with Gasteiger partial charge in [-0.3, -0.25) is 9.59 Å². The minimum atomic E-state index is -0.584. The molecular weight excluding hydrogens is 395 g/mol. The fourth-order valence-corrected chi connectivity index (χ4v) is 4.40. The number of rotatable bonds is 3. The Balaban J connectivity index is 1.37. The smallest absolute Gasteiger partial charge is 0.281 e. The summed E-state index contributed by atoms with van der Waals surface area (Å²) in [4.78, 5) is 23.5. The summed E-state index contributed by atoms with van der Waals surface area (Å²) in [6.07, 6.45) is 5.56. The van der Waals surface area contributed by atoms with Gasteiger partial charge in [0.2, 0.25) is 0 Å². The molecule has 3 fully saturated rings. The number of amides is 2. The zero-order valence-electron chi connectivity index (χ0n) is 11.8. The molecule has 6 heteroatoms. The van der Waals surface area contributed by atoms with Crippen molar-refractivity contribution >= 4 is 38.5 Å². The minimum Gasteiger partial charge on any atom is -0.476 e. The maximum atomic E-state index is 12.4. The van der Waals surface area contributed by atoms with Crippen LogP contribution in [-0.2, 0) is 4.79 Å².